The summed E-state index contributed by atoms with van der Waals surface area (Å²) in [6.45, 7) is 7.25. The Bertz CT molecular complexity index is 1560. The molecule has 0 bridgehead atoms. The molecule has 3 saturated heterocycles. The van der Waals surface area contributed by atoms with Crippen LogP contribution >= 0.6 is 0 Å². The lowest BCUT2D eigenvalue weighted by Crippen LogP contribution is -2.59. The molecule has 3 fully saturated rings. The van der Waals surface area contributed by atoms with E-state index in [0.29, 0.717) is 62.5 Å². The minimum atomic E-state index is -1.07. The molecule has 6 rings (SSSR count). The van der Waals surface area contributed by atoms with Gasteiger partial charge in [0.1, 0.15) is 5.75 Å². The summed E-state index contributed by atoms with van der Waals surface area (Å²) in [4.78, 5) is 59.8. The van der Waals surface area contributed by atoms with E-state index >= 15 is 0 Å². The number of benzene rings is 2. The normalized spacial score (nSPS) is 23.2. The molecular weight excluding hydrogens is 638 g/mol. The number of carboxylic acid groups (broad SMARTS) is 2. The Labute approximate surface area is 294 Å². The molecule has 4 aliphatic rings. The number of amides is 4. The Morgan fingerprint density at radius 3 is 2.20 bits per heavy atom. The van der Waals surface area contributed by atoms with Gasteiger partial charge in [-0.2, -0.15) is 0 Å². The fourth-order valence-electron chi connectivity index (χ4n) is 8.88. The van der Waals surface area contributed by atoms with Crippen LogP contribution in [0.4, 0.5) is 15.3 Å². The molecule has 3 atom stereocenters. The van der Waals surface area contributed by atoms with Gasteiger partial charge in [-0.1, -0.05) is 30.3 Å². The SMILES string of the molecule is Cc1cc(CC(C(=O)N2CCC(N3CCC(CC(=O)O)CC3)CC2)[C@H]2CC(N3CCc4ccccc4NC3=O)CCN2C(=O)O)cc(C)c1O. The minimum Gasteiger partial charge on any atom is -0.507 e. The van der Waals surface area contributed by atoms with Crippen molar-refractivity contribution >= 4 is 29.7 Å². The molecule has 2 aromatic carbocycles. The minimum absolute atomic E-state index is 0.0726. The molecule has 0 aliphatic carbocycles. The number of para-hydroxylation sites is 1. The first-order valence-corrected chi connectivity index (χ1v) is 18.2. The van der Waals surface area contributed by atoms with Gasteiger partial charge in [0.15, 0.2) is 0 Å². The Morgan fingerprint density at radius 2 is 1.54 bits per heavy atom. The van der Waals surface area contributed by atoms with E-state index in [2.05, 4.69) is 10.2 Å². The van der Waals surface area contributed by atoms with Gasteiger partial charge >= 0.3 is 18.1 Å². The highest BCUT2D eigenvalue weighted by atomic mass is 16.4. The van der Waals surface area contributed by atoms with E-state index in [4.69, 9.17) is 0 Å². The van der Waals surface area contributed by atoms with Crippen molar-refractivity contribution in [3.63, 3.8) is 0 Å². The highest BCUT2D eigenvalue weighted by Crippen LogP contribution is 2.35. The molecule has 0 spiro atoms. The molecule has 12 nitrogen and oxygen atoms in total. The zero-order valence-corrected chi connectivity index (χ0v) is 29.2. The number of rotatable bonds is 8. The number of hydrogen-bond acceptors (Lipinski definition) is 6. The predicted octanol–water partition coefficient (Wildman–Crippen LogP) is 4.95. The smallest absolute Gasteiger partial charge is 0.407 e. The molecular formula is C38H51N5O7. The van der Waals surface area contributed by atoms with E-state index in [9.17, 15) is 34.5 Å². The Kier molecular flexibility index (Phi) is 10.9. The number of aliphatic carboxylic acids is 1. The maximum absolute atomic E-state index is 14.7. The van der Waals surface area contributed by atoms with Crippen LogP contribution in [0.3, 0.4) is 0 Å². The number of fused-ring (bicyclic) bond motifs is 1. The number of aryl methyl sites for hydroxylation is 2. The molecule has 12 heteroatoms. The van der Waals surface area contributed by atoms with E-state index in [1.165, 1.54) is 4.90 Å². The van der Waals surface area contributed by atoms with Gasteiger partial charge in [-0.3, -0.25) is 9.59 Å². The highest BCUT2D eigenvalue weighted by Gasteiger charge is 2.44. The number of hydrogen-bond donors (Lipinski definition) is 4. The predicted molar refractivity (Wildman–Crippen MR) is 188 cm³/mol. The van der Waals surface area contributed by atoms with Crippen molar-refractivity contribution in [2.24, 2.45) is 11.8 Å². The lowest BCUT2D eigenvalue weighted by Gasteiger charge is -2.46. The number of carboxylic acids is 1. The second-order valence-corrected chi connectivity index (χ2v) is 14.8. The first-order valence-electron chi connectivity index (χ1n) is 18.2. The van der Waals surface area contributed by atoms with Crippen LogP contribution in [-0.4, -0.2) is 116 Å². The van der Waals surface area contributed by atoms with E-state index in [-0.39, 0.29) is 42.6 Å². The van der Waals surface area contributed by atoms with Crippen molar-refractivity contribution in [3.8, 4) is 5.75 Å². The Hall–Kier alpha value is -4.32. The third-order valence-corrected chi connectivity index (χ3v) is 11.6. The molecule has 270 valence electrons. The molecule has 2 unspecified atom stereocenters. The summed E-state index contributed by atoms with van der Waals surface area (Å²) >= 11 is 0. The van der Waals surface area contributed by atoms with Crippen molar-refractivity contribution < 1.29 is 34.5 Å². The second kappa shape index (κ2) is 15.3. The molecule has 50 heavy (non-hydrogen) atoms. The van der Waals surface area contributed by atoms with Crippen molar-refractivity contribution in [2.45, 2.75) is 89.8 Å². The number of phenolic OH excluding ortho intramolecular Hbond substituents is 1. The van der Waals surface area contributed by atoms with Gasteiger partial charge in [-0.25, -0.2) is 9.59 Å². The number of carbonyl (C=O) groups excluding carboxylic acids is 2. The van der Waals surface area contributed by atoms with Gasteiger partial charge in [0.2, 0.25) is 5.91 Å². The molecule has 2 aromatic rings. The highest BCUT2D eigenvalue weighted by molar-refractivity contribution is 5.91. The summed E-state index contributed by atoms with van der Waals surface area (Å²) < 4.78 is 0. The van der Waals surface area contributed by atoms with Crippen LogP contribution in [0.15, 0.2) is 36.4 Å². The van der Waals surface area contributed by atoms with Crippen LogP contribution in [-0.2, 0) is 22.4 Å². The van der Waals surface area contributed by atoms with E-state index in [1.807, 2.05) is 60.0 Å². The summed E-state index contributed by atoms with van der Waals surface area (Å²) in [5, 5.41) is 33.2. The van der Waals surface area contributed by atoms with Crippen LogP contribution in [0.5, 0.6) is 5.75 Å². The number of nitrogens with zero attached hydrogens (tertiary/aromatic N) is 4. The third-order valence-electron chi connectivity index (χ3n) is 11.6. The average Bonchev–Trinajstić information content (AvgIpc) is 3.27. The van der Waals surface area contributed by atoms with Crippen LogP contribution in [0.25, 0.3) is 0 Å². The summed E-state index contributed by atoms with van der Waals surface area (Å²) in [5.74, 6) is -1.06. The largest absolute Gasteiger partial charge is 0.507 e. The van der Waals surface area contributed by atoms with Gasteiger partial charge in [0, 0.05) is 56.4 Å². The molecule has 0 saturated carbocycles. The summed E-state index contributed by atoms with van der Waals surface area (Å²) in [6.07, 6.45) is 4.34. The van der Waals surface area contributed by atoms with Gasteiger partial charge in [0.05, 0.1) is 5.92 Å². The van der Waals surface area contributed by atoms with Crippen molar-refractivity contribution in [1.29, 1.82) is 0 Å². The summed E-state index contributed by atoms with van der Waals surface area (Å²) in [6, 6.07) is 10.8. The molecule has 4 N–H and O–H groups in total. The number of likely N-dealkylation sites (tertiary alicyclic amines) is 3. The second-order valence-electron chi connectivity index (χ2n) is 14.8. The summed E-state index contributed by atoms with van der Waals surface area (Å²) in [7, 11) is 0. The number of urea groups is 1. The van der Waals surface area contributed by atoms with E-state index < -0.39 is 24.0 Å². The fraction of sp³-hybridized carbons (Fsp3) is 0.579. The maximum Gasteiger partial charge on any atom is 0.407 e. The Balaban J connectivity index is 1.21. The third kappa shape index (κ3) is 7.85. The number of aromatic hydroxyl groups is 1. The zero-order valence-electron chi connectivity index (χ0n) is 29.2. The molecule has 4 amide bonds. The van der Waals surface area contributed by atoms with E-state index in [0.717, 1.165) is 55.6 Å². The van der Waals surface area contributed by atoms with Gasteiger partial charge in [-0.05, 0) is 113 Å². The number of piperidine rings is 3. The quantitative estimate of drug-likeness (QED) is 0.304. The maximum atomic E-state index is 14.7. The van der Waals surface area contributed by atoms with Crippen molar-refractivity contribution in [3.05, 3.63) is 58.7 Å². The lowest BCUT2D eigenvalue weighted by atomic mass is 9.81. The zero-order chi connectivity index (χ0) is 35.5. The number of phenols is 1. The first-order chi connectivity index (χ1) is 24.0. The Morgan fingerprint density at radius 1 is 0.880 bits per heavy atom. The van der Waals surface area contributed by atoms with Gasteiger partial charge in [-0.15, -0.1) is 0 Å². The van der Waals surface area contributed by atoms with Crippen LogP contribution in [0.1, 0.15) is 67.2 Å². The first kappa shape index (κ1) is 35.5. The topological polar surface area (TPSA) is 154 Å². The summed E-state index contributed by atoms with van der Waals surface area (Å²) in [5.41, 5.74) is 4.12. The van der Waals surface area contributed by atoms with Crippen LogP contribution in [0.2, 0.25) is 0 Å². The number of nitrogens with one attached hydrogen (secondary N) is 1. The van der Waals surface area contributed by atoms with Crippen LogP contribution < -0.4 is 5.32 Å². The van der Waals surface area contributed by atoms with Gasteiger partial charge < -0.3 is 40.2 Å². The monoisotopic (exact) mass is 689 g/mol. The lowest BCUT2D eigenvalue weighted by molar-refractivity contribution is -0.140. The number of carbonyl (C=O) groups is 4. The van der Waals surface area contributed by atoms with Crippen molar-refractivity contribution in [2.75, 3.05) is 44.6 Å². The molecule has 4 aliphatic heterocycles. The van der Waals surface area contributed by atoms with Crippen molar-refractivity contribution in [1.82, 2.24) is 19.6 Å². The standard InChI is InChI=1S/C38H51N5O7/c1-24-19-27(20-25(2)35(24)46)21-31(36(47)41-15-10-29(11-16-41)40-13-7-26(8-14-40)22-34(44)45)33-23-30(12-18-43(33)38(49)50)42-17-9-28-5-3-4-6-32(28)39-37(42)48/h3-6,19-20,26,29-31,33,46H,7-18,21-23H2,1-2H3,(H,39,48)(H,44,45)(H,49,50)/t30?,31?,33-/m1/s1. The fourth-order valence-corrected chi connectivity index (χ4v) is 8.88. The van der Waals surface area contributed by atoms with Crippen LogP contribution in [0, 0.1) is 25.7 Å². The average molecular weight is 690 g/mol. The molecule has 4 heterocycles. The van der Waals surface area contributed by atoms with E-state index in [1.54, 1.807) is 0 Å². The number of anilines is 1. The van der Waals surface area contributed by atoms with Gasteiger partial charge in [0.25, 0.3) is 0 Å². The molecule has 0 aromatic heterocycles. The molecule has 0 radical (unpaired) electrons.